The summed E-state index contributed by atoms with van der Waals surface area (Å²) in [6, 6.07) is 17.3. The average molecular weight is 382 g/mol. The number of benzene rings is 2. The minimum absolute atomic E-state index is 0.0499. The van der Waals surface area contributed by atoms with E-state index >= 15 is 0 Å². The summed E-state index contributed by atoms with van der Waals surface area (Å²) in [5.41, 5.74) is 1.61. The Morgan fingerprint density at radius 3 is 2.39 bits per heavy atom. The molecule has 2 aromatic rings. The Labute approximate surface area is 165 Å². The van der Waals surface area contributed by atoms with Crippen molar-refractivity contribution in [3.63, 3.8) is 0 Å². The topological polar surface area (TPSA) is 78.9 Å². The first-order valence-electron chi connectivity index (χ1n) is 9.58. The SMILES string of the molecule is CCN(CC(=O)O)C1CC(NC(=O)c2ccc(COc3ccccc3)cc2)C1. The molecule has 0 aliphatic heterocycles. The molecular formula is C22H26N2O4. The number of carbonyl (C=O) groups excluding carboxylic acids is 1. The molecule has 28 heavy (non-hydrogen) atoms. The van der Waals surface area contributed by atoms with Crippen molar-refractivity contribution in [1.82, 2.24) is 10.2 Å². The molecule has 6 heteroatoms. The Bertz CT molecular complexity index is 786. The van der Waals surface area contributed by atoms with Gasteiger partial charge in [0, 0.05) is 17.6 Å². The lowest BCUT2D eigenvalue weighted by atomic mass is 9.85. The molecule has 0 bridgehead atoms. The Hall–Kier alpha value is -2.86. The zero-order valence-electron chi connectivity index (χ0n) is 16.0. The summed E-state index contributed by atoms with van der Waals surface area (Å²) in [7, 11) is 0. The normalized spacial score (nSPS) is 18.4. The van der Waals surface area contributed by atoms with Crippen molar-refractivity contribution in [3.05, 3.63) is 65.7 Å². The van der Waals surface area contributed by atoms with Gasteiger partial charge >= 0.3 is 5.97 Å². The van der Waals surface area contributed by atoms with Crippen molar-refractivity contribution in [2.24, 2.45) is 0 Å². The van der Waals surface area contributed by atoms with Crippen LogP contribution in [0.1, 0.15) is 35.7 Å². The van der Waals surface area contributed by atoms with E-state index in [-0.39, 0.29) is 24.5 Å². The van der Waals surface area contributed by atoms with Crippen LogP contribution in [0.5, 0.6) is 5.75 Å². The van der Waals surface area contributed by atoms with Gasteiger partial charge in [-0.25, -0.2) is 0 Å². The Morgan fingerprint density at radius 1 is 1.11 bits per heavy atom. The molecular weight excluding hydrogens is 356 g/mol. The number of aliphatic carboxylic acids is 1. The summed E-state index contributed by atoms with van der Waals surface area (Å²) in [5, 5.41) is 12.0. The van der Waals surface area contributed by atoms with Gasteiger partial charge in [-0.05, 0) is 49.2 Å². The lowest BCUT2D eigenvalue weighted by Gasteiger charge is -2.42. The second-order valence-electron chi connectivity index (χ2n) is 7.05. The van der Waals surface area contributed by atoms with E-state index in [1.807, 2.05) is 54.3 Å². The molecule has 0 unspecified atom stereocenters. The van der Waals surface area contributed by atoms with Gasteiger partial charge < -0.3 is 15.2 Å². The van der Waals surface area contributed by atoms with E-state index < -0.39 is 5.97 Å². The van der Waals surface area contributed by atoms with Crippen LogP contribution < -0.4 is 10.1 Å². The number of nitrogens with zero attached hydrogens (tertiary/aromatic N) is 1. The standard InChI is InChI=1S/C22H26N2O4/c1-2-24(14-21(25)26)19-12-18(13-19)23-22(27)17-10-8-16(9-11-17)15-28-20-6-4-3-5-7-20/h3-11,18-19H,2,12-15H2,1H3,(H,23,27)(H,25,26). The van der Waals surface area contributed by atoms with Gasteiger partial charge in [0.1, 0.15) is 12.4 Å². The van der Waals surface area contributed by atoms with Gasteiger partial charge in [-0.3, -0.25) is 14.5 Å². The number of hydrogen-bond acceptors (Lipinski definition) is 4. The van der Waals surface area contributed by atoms with Crippen LogP contribution in [-0.4, -0.2) is 47.1 Å². The van der Waals surface area contributed by atoms with Crippen LogP contribution in [0.4, 0.5) is 0 Å². The Kier molecular flexibility index (Phi) is 6.66. The van der Waals surface area contributed by atoms with E-state index in [9.17, 15) is 9.59 Å². The number of carboxylic acids is 1. The van der Waals surface area contributed by atoms with Gasteiger partial charge in [0.25, 0.3) is 5.91 Å². The van der Waals surface area contributed by atoms with E-state index in [0.717, 1.165) is 24.2 Å². The van der Waals surface area contributed by atoms with E-state index in [1.54, 1.807) is 12.1 Å². The van der Waals surface area contributed by atoms with Crippen LogP contribution in [0.25, 0.3) is 0 Å². The van der Waals surface area contributed by atoms with Gasteiger partial charge in [0.15, 0.2) is 0 Å². The number of likely N-dealkylation sites (N-methyl/N-ethyl adjacent to an activating group) is 1. The fourth-order valence-electron chi connectivity index (χ4n) is 3.38. The van der Waals surface area contributed by atoms with Crippen LogP contribution in [0.15, 0.2) is 54.6 Å². The second kappa shape index (κ2) is 9.37. The molecule has 0 atom stereocenters. The van der Waals surface area contributed by atoms with E-state index in [4.69, 9.17) is 9.84 Å². The number of ether oxygens (including phenoxy) is 1. The fourth-order valence-corrected chi connectivity index (χ4v) is 3.38. The summed E-state index contributed by atoms with van der Waals surface area (Å²) in [4.78, 5) is 25.2. The maximum absolute atomic E-state index is 12.4. The average Bonchev–Trinajstić information content (AvgIpc) is 2.68. The van der Waals surface area contributed by atoms with Crippen LogP contribution >= 0.6 is 0 Å². The van der Waals surface area contributed by atoms with Crippen molar-refractivity contribution in [2.75, 3.05) is 13.1 Å². The summed E-state index contributed by atoms with van der Waals surface area (Å²) in [5.74, 6) is -0.0983. The van der Waals surface area contributed by atoms with E-state index in [1.165, 1.54) is 0 Å². The highest BCUT2D eigenvalue weighted by Crippen LogP contribution is 2.26. The molecule has 0 aromatic heterocycles. The number of carbonyl (C=O) groups is 2. The monoisotopic (exact) mass is 382 g/mol. The van der Waals surface area contributed by atoms with Gasteiger partial charge in [0.2, 0.25) is 0 Å². The first-order chi connectivity index (χ1) is 13.5. The lowest BCUT2D eigenvalue weighted by Crippen LogP contribution is -2.54. The van der Waals surface area contributed by atoms with Crippen molar-refractivity contribution >= 4 is 11.9 Å². The van der Waals surface area contributed by atoms with Crippen LogP contribution in [-0.2, 0) is 11.4 Å². The largest absolute Gasteiger partial charge is 0.489 e. The number of hydrogen-bond donors (Lipinski definition) is 2. The summed E-state index contributed by atoms with van der Waals surface area (Å²) in [6.45, 7) is 3.16. The minimum atomic E-state index is -0.814. The maximum Gasteiger partial charge on any atom is 0.317 e. The highest BCUT2D eigenvalue weighted by molar-refractivity contribution is 5.94. The van der Waals surface area contributed by atoms with Gasteiger partial charge in [0.05, 0.1) is 6.54 Å². The Balaban J connectivity index is 1.44. The number of nitrogens with one attached hydrogen (secondary N) is 1. The third-order valence-electron chi connectivity index (χ3n) is 5.07. The third-order valence-corrected chi connectivity index (χ3v) is 5.07. The first kappa shape index (κ1) is 19.9. The molecule has 148 valence electrons. The van der Waals surface area contributed by atoms with E-state index in [2.05, 4.69) is 5.32 Å². The fraction of sp³-hybridized carbons (Fsp3) is 0.364. The van der Waals surface area contributed by atoms with Gasteiger partial charge in [-0.15, -0.1) is 0 Å². The molecule has 2 N–H and O–H groups in total. The van der Waals surface area contributed by atoms with E-state index in [0.29, 0.717) is 18.7 Å². The zero-order chi connectivity index (χ0) is 19.9. The quantitative estimate of drug-likeness (QED) is 0.697. The highest BCUT2D eigenvalue weighted by atomic mass is 16.5. The molecule has 1 fully saturated rings. The minimum Gasteiger partial charge on any atom is -0.489 e. The van der Waals surface area contributed by atoms with Gasteiger partial charge in [-0.1, -0.05) is 37.3 Å². The van der Waals surface area contributed by atoms with Crippen molar-refractivity contribution in [1.29, 1.82) is 0 Å². The van der Waals surface area contributed by atoms with Crippen LogP contribution in [0.3, 0.4) is 0 Å². The molecule has 1 aliphatic carbocycles. The second-order valence-corrected chi connectivity index (χ2v) is 7.05. The summed E-state index contributed by atoms with van der Waals surface area (Å²) >= 11 is 0. The number of carboxylic acid groups (broad SMARTS) is 1. The number of rotatable bonds is 9. The molecule has 0 spiro atoms. The predicted molar refractivity (Wildman–Crippen MR) is 106 cm³/mol. The molecule has 1 saturated carbocycles. The van der Waals surface area contributed by atoms with Crippen molar-refractivity contribution in [3.8, 4) is 5.75 Å². The smallest absolute Gasteiger partial charge is 0.317 e. The molecule has 6 nitrogen and oxygen atoms in total. The molecule has 0 radical (unpaired) electrons. The third kappa shape index (κ3) is 5.33. The Morgan fingerprint density at radius 2 is 1.79 bits per heavy atom. The summed E-state index contributed by atoms with van der Waals surface area (Å²) in [6.07, 6.45) is 1.58. The summed E-state index contributed by atoms with van der Waals surface area (Å²) < 4.78 is 5.71. The number of amides is 1. The molecule has 0 saturated heterocycles. The molecule has 1 amide bonds. The van der Waals surface area contributed by atoms with Crippen molar-refractivity contribution in [2.45, 2.75) is 38.5 Å². The molecule has 0 heterocycles. The molecule has 2 aromatic carbocycles. The molecule has 3 rings (SSSR count). The first-order valence-corrected chi connectivity index (χ1v) is 9.58. The maximum atomic E-state index is 12.4. The van der Waals surface area contributed by atoms with Crippen LogP contribution in [0.2, 0.25) is 0 Å². The lowest BCUT2D eigenvalue weighted by molar-refractivity contribution is -0.139. The predicted octanol–water partition coefficient (Wildman–Crippen LogP) is 2.93. The highest BCUT2D eigenvalue weighted by Gasteiger charge is 2.34. The molecule has 1 aliphatic rings. The van der Waals surface area contributed by atoms with Gasteiger partial charge in [-0.2, -0.15) is 0 Å². The zero-order valence-corrected chi connectivity index (χ0v) is 16.0. The van der Waals surface area contributed by atoms with Crippen LogP contribution in [0, 0.1) is 0 Å². The van der Waals surface area contributed by atoms with Crippen molar-refractivity contribution < 1.29 is 19.4 Å². The number of para-hydroxylation sites is 1.